The molecular formula is C23H25ClN8O2. The number of ether oxygens (including phenoxy) is 1. The number of hydrazone groups is 1. The number of benzene rings is 1. The second-order valence-corrected chi connectivity index (χ2v) is 8.65. The van der Waals surface area contributed by atoms with Crippen LogP contribution in [-0.4, -0.2) is 72.0 Å². The van der Waals surface area contributed by atoms with Gasteiger partial charge in [-0.05, 0) is 29.8 Å². The van der Waals surface area contributed by atoms with Crippen LogP contribution in [0.3, 0.4) is 0 Å². The number of aromatic nitrogens is 1. The molecule has 11 heteroatoms. The topological polar surface area (TPSA) is 120 Å². The zero-order chi connectivity index (χ0) is 23.5. The van der Waals surface area contributed by atoms with E-state index in [-0.39, 0.29) is 18.0 Å². The lowest BCUT2D eigenvalue weighted by atomic mass is 9.92. The molecule has 2 amide bonds. The number of urea groups is 1. The lowest BCUT2D eigenvalue weighted by Gasteiger charge is -2.32. The predicted molar refractivity (Wildman–Crippen MR) is 132 cm³/mol. The number of rotatable bonds is 5. The van der Waals surface area contributed by atoms with E-state index >= 15 is 0 Å². The van der Waals surface area contributed by atoms with Crippen molar-refractivity contribution in [2.24, 2.45) is 15.8 Å². The molecule has 2 unspecified atom stereocenters. The van der Waals surface area contributed by atoms with Crippen LogP contribution in [0.25, 0.3) is 0 Å². The summed E-state index contributed by atoms with van der Waals surface area (Å²) >= 11 is 5.83. The molecule has 0 aliphatic carbocycles. The van der Waals surface area contributed by atoms with Crippen LogP contribution >= 0.6 is 11.6 Å². The second-order valence-electron chi connectivity index (χ2n) is 8.21. The Morgan fingerprint density at radius 1 is 1.15 bits per heavy atom. The van der Waals surface area contributed by atoms with Crippen molar-refractivity contribution in [3.8, 4) is 0 Å². The van der Waals surface area contributed by atoms with E-state index in [9.17, 15) is 4.79 Å². The van der Waals surface area contributed by atoms with Gasteiger partial charge < -0.3 is 15.8 Å². The van der Waals surface area contributed by atoms with Gasteiger partial charge in [-0.15, -0.1) is 0 Å². The van der Waals surface area contributed by atoms with Crippen LogP contribution in [0.1, 0.15) is 11.5 Å². The predicted octanol–water partition coefficient (Wildman–Crippen LogP) is 2.68. The van der Waals surface area contributed by atoms with Gasteiger partial charge in [0.15, 0.2) is 0 Å². The minimum absolute atomic E-state index is 0.00150. The number of amides is 2. The third-order valence-corrected chi connectivity index (χ3v) is 6.19. The van der Waals surface area contributed by atoms with Gasteiger partial charge in [-0.1, -0.05) is 29.8 Å². The summed E-state index contributed by atoms with van der Waals surface area (Å²) in [6.07, 6.45) is 5.19. The SMILES string of the molecule is NC1=NC=NN2C(CN3CCOCC3)=CC(c3ccc(NC(=O)Nc4ccc(Cl)cn4)cc3)C12. The third kappa shape index (κ3) is 4.89. The summed E-state index contributed by atoms with van der Waals surface area (Å²) in [5, 5.41) is 12.5. The number of nitrogens with one attached hydrogen (secondary N) is 2. The van der Waals surface area contributed by atoms with Gasteiger partial charge in [-0.3, -0.25) is 15.2 Å². The van der Waals surface area contributed by atoms with Crippen LogP contribution in [0.15, 0.2) is 64.5 Å². The Hall–Kier alpha value is -3.47. The van der Waals surface area contributed by atoms with Crippen molar-refractivity contribution in [2.45, 2.75) is 12.0 Å². The molecule has 5 rings (SSSR count). The highest BCUT2D eigenvalue weighted by Crippen LogP contribution is 2.37. The zero-order valence-electron chi connectivity index (χ0n) is 18.4. The summed E-state index contributed by atoms with van der Waals surface area (Å²) in [5.74, 6) is 0.943. The van der Waals surface area contributed by atoms with Crippen LogP contribution in [0.2, 0.25) is 5.02 Å². The van der Waals surface area contributed by atoms with E-state index in [1.807, 2.05) is 29.3 Å². The van der Waals surface area contributed by atoms with E-state index in [2.05, 4.69) is 36.7 Å². The Kier molecular flexibility index (Phi) is 6.43. The van der Waals surface area contributed by atoms with Gasteiger partial charge in [0.2, 0.25) is 0 Å². The maximum Gasteiger partial charge on any atom is 0.324 e. The zero-order valence-corrected chi connectivity index (χ0v) is 19.2. The molecule has 4 N–H and O–H groups in total. The molecule has 3 aliphatic heterocycles. The third-order valence-electron chi connectivity index (χ3n) is 5.97. The first-order chi connectivity index (χ1) is 16.6. The van der Waals surface area contributed by atoms with Crippen LogP contribution in [0.4, 0.5) is 16.3 Å². The number of pyridine rings is 1. The average Bonchev–Trinajstić information content (AvgIpc) is 3.21. The van der Waals surface area contributed by atoms with Crippen molar-refractivity contribution >= 4 is 41.3 Å². The molecule has 0 bridgehead atoms. The first-order valence-electron chi connectivity index (χ1n) is 11.0. The van der Waals surface area contributed by atoms with Crippen molar-refractivity contribution in [1.29, 1.82) is 0 Å². The number of morpholine rings is 1. The van der Waals surface area contributed by atoms with Crippen molar-refractivity contribution < 1.29 is 9.53 Å². The number of amidine groups is 1. The number of carbonyl (C=O) groups is 1. The minimum atomic E-state index is -0.389. The molecule has 0 spiro atoms. The van der Waals surface area contributed by atoms with Crippen molar-refractivity contribution in [3.63, 3.8) is 0 Å². The summed E-state index contributed by atoms with van der Waals surface area (Å²) < 4.78 is 5.47. The number of aliphatic imine (C=N–C) groups is 1. The van der Waals surface area contributed by atoms with Crippen molar-refractivity contribution in [1.82, 2.24) is 14.9 Å². The monoisotopic (exact) mass is 480 g/mol. The largest absolute Gasteiger partial charge is 0.385 e. The van der Waals surface area contributed by atoms with Gasteiger partial charge in [0.1, 0.15) is 24.0 Å². The van der Waals surface area contributed by atoms with Crippen molar-refractivity contribution in [2.75, 3.05) is 43.5 Å². The maximum atomic E-state index is 12.3. The van der Waals surface area contributed by atoms with Crippen LogP contribution in [-0.2, 0) is 4.74 Å². The van der Waals surface area contributed by atoms with Crippen LogP contribution in [0.5, 0.6) is 0 Å². The van der Waals surface area contributed by atoms with Crippen molar-refractivity contribution in [3.05, 3.63) is 65.0 Å². The van der Waals surface area contributed by atoms with Gasteiger partial charge in [-0.2, -0.15) is 5.10 Å². The number of halogens is 1. The van der Waals surface area contributed by atoms with E-state index in [1.165, 1.54) is 12.5 Å². The van der Waals surface area contributed by atoms with E-state index in [0.717, 1.165) is 44.1 Å². The second kappa shape index (κ2) is 9.80. The highest BCUT2D eigenvalue weighted by molar-refractivity contribution is 6.30. The molecule has 1 aromatic carbocycles. The molecule has 10 nitrogen and oxygen atoms in total. The Bertz CT molecular complexity index is 1130. The fourth-order valence-corrected chi connectivity index (χ4v) is 4.41. The fourth-order valence-electron chi connectivity index (χ4n) is 4.29. The van der Waals surface area contributed by atoms with E-state index in [1.54, 1.807) is 12.1 Å². The molecule has 2 atom stereocenters. The van der Waals surface area contributed by atoms with Crippen LogP contribution in [0, 0.1) is 0 Å². The molecule has 176 valence electrons. The smallest absolute Gasteiger partial charge is 0.324 e. The minimum Gasteiger partial charge on any atom is -0.385 e. The van der Waals surface area contributed by atoms with Crippen LogP contribution < -0.4 is 16.4 Å². The fraction of sp³-hybridized carbons (Fsp3) is 0.304. The molecule has 0 radical (unpaired) electrons. The van der Waals surface area contributed by atoms with Gasteiger partial charge in [-0.25, -0.2) is 14.8 Å². The summed E-state index contributed by atoms with van der Waals surface area (Å²) in [7, 11) is 0. The van der Waals surface area contributed by atoms with Gasteiger partial charge >= 0.3 is 6.03 Å². The Labute approximate surface area is 202 Å². The number of hydrogen-bond donors (Lipinski definition) is 3. The molecule has 4 heterocycles. The van der Waals surface area contributed by atoms with Gasteiger partial charge in [0.25, 0.3) is 0 Å². The first-order valence-corrected chi connectivity index (χ1v) is 11.4. The number of anilines is 2. The number of nitrogens with zero attached hydrogens (tertiary/aromatic N) is 5. The number of nitrogens with two attached hydrogens (primary N) is 1. The van der Waals surface area contributed by atoms with Gasteiger partial charge in [0, 0.05) is 43.1 Å². The molecular weight excluding hydrogens is 456 g/mol. The molecule has 1 saturated heterocycles. The molecule has 3 aliphatic rings. The highest BCUT2D eigenvalue weighted by atomic mass is 35.5. The molecule has 34 heavy (non-hydrogen) atoms. The van der Waals surface area contributed by atoms with Gasteiger partial charge in [0.05, 0.1) is 18.2 Å². The lowest BCUT2D eigenvalue weighted by Crippen LogP contribution is -2.45. The lowest BCUT2D eigenvalue weighted by molar-refractivity contribution is 0.0393. The summed E-state index contributed by atoms with van der Waals surface area (Å²) in [6.45, 7) is 4.04. The normalized spacial score (nSPS) is 22.1. The van der Waals surface area contributed by atoms with E-state index < -0.39 is 0 Å². The summed E-state index contributed by atoms with van der Waals surface area (Å²) in [5.41, 5.74) is 9.11. The summed E-state index contributed by atoms with van der Waals surface area (Å²) in [6, 6.07) is 10.4. The summed E-state index contributed by atoms with van der Waals surface area (Å²) in [4.78, 5) is 23.0. The molecule has 1 fully saturated rings. The maximum absolute atomic E-state index is 12.3. The molecule has 0 saturated carbocycles. The Balaban J connectivity index is 1.29. The first kappa shape index (κ1) is 22.3. The highest BCUT2D eigenvalue weighted by Gasteiger charge is 2.39. The molecule has 1 aromatic heterocycles. The number of carbonyl (C=O) groups excluding carboxylic acids is 1. The van der Waals surface area contributed by atoms with E-state index in [0.29, 0.717) is 22.4 Å². The van der Waals surface area contributed by atoms with E-state index in [4.69, 9.17) is 22.1 Å². The molecule has 2 aromatic rings. The Morgan fingerprint density at radius 2 is 1.94 bits per heavy atom. The Morgan fingerprint density at radius 3 is 2.68 bits per heavy atom. The average molecular weight is 481 g/mol. The number of fused-ring (bicyclic) bond motifs is 1. The quantitative estimate of drug-likeness (QED) is 0.605. The number of hydrogen-bond acceptors (Lipinski definition) is 8. The standard InChI is InChI=1S/C23H25ClN8O2/c24-16-3-6-20(26-12-16)30-23(33)29-17-4-1-15(2-5-17)19-11-18(13-31-7-9-34-10-8-31)32-21(19)22(25)27-14-28-32/h1-6,11-12,14,19,21H,7-10,13H2,(H2,25,27,28)(H2,26,29,30,33).